The van der Waals surface area contributed by atoms with Crippen molar-refractivity contribution in [2.75, 3.05) is 13.6 Å². The van der Waals surface area contributed by atoms with Gasteiger partial charge < -0.3 is 10.1 Å². The third-order valence-corrected chi connectivity index (χ3v) is 2.51. The predicted octanol–water partition coefficient (Wildman–Crippen LogP) is 2.74. The van der Waals surface area contributed by atoms with Crippen molar-refractivity contribution in [2.45, 2.75) is 25.6 Å². The van der Waals surface area contributed by atoms with E-state index in [-0.39, 0.29) is 36.6 Å². The van der Waals surface area contributed by atoms with Crippen molar-refractivity contribution in [3.8, 4) is 11.9 Å². The van der Waals surface area contributed by atoms with Gasteiger partial charge in [-0.25, -0.2) is 9.37 Å². The molecule has 4 nitrogen and oxygen atoms in total. The van der Waals surface area contributed by atoms with Crippen LogP contribution >= 0.6 is 12.4 Å². The van der Waals surface area contributed by atoms with E-state index in [1.54, 1.807) is 6.07 Å². The molecule has 1 heterocycles. The molecule has 1 aromatic rings. The summed E-state index contributed by atoms with van der Waals surface area (Å²) >= 11 is 0. The van der Waals surface area contributed by atoms with Crippen LogP contribution < -0.4 is 10.1 Å². The Bertz CT molecular complexity index is 516. The summed E-state index contributed by atoms with van der Waals surface area (Å²) in [5.74, 6) is -1.28. The van der Waals surface area contributed by atoms with Gasteiger partial charge in [0.1, 0.15) is 17.4 Å². The zero-order valence-corrected chi connectivity index (χ0v) is 12.1. The number of pyridine rings is 1. The van der Waals surface area contributed by atoms with E-state index in [9.17, 15) is 17.6 Å². The summed E-state index contributed by atoms with van der Waals surface area (Å²) in [7, 11) is 1.51. The number of ether oxygens (including phenoxy) is 1. The van der Waals surface area contributed by atoms with Gasteiger partial charge in [-0.15, -0.1) is 12.4 Å². The average Bonchev–Trinajstić information content (AvgIpc) is 2.36. The van der Waals surface area contributed by atoms with E-state index in [0.29, 0.717) is 0 Å². The van der Waals surface area contributed by atoms with Crippen molar-refractivity contribution < 1.29 is 22.3 Å². The highest BCUT2D eigenvalue weighted by atomic mass is 35.5. The Labute approximate surface area is 125 Å². The van der Waals surface area contributed by atoms with Crippen molar-refractivity contribution in [1.82, 2.24) is 10.3 Å². The molecule has 0 spiro atoms. The number of aromatic nitrogens is 1. The fourth-order valence-electron chi connectivity index (χ4n) is 1.43. The lowest BCUT2D eigenvalue weighted by molar-refractivity contribution is -0.197. The quantitative estimate of drug-likeness (QED) is 0.845. The first-order valence-corrected chi connectivity index (χ1v) is 5.74. The van der Waals surface area contributed by atoms with Crippen molar-refractivity contribution in [1.29, 1.82) is 5.26 Å². The maximum atomic E-state index is 13.2. The van der Waals surface area contributed by atoms with Gasteiger partial charge in [-0.2, -0.15) is 18.4 Å². The van der Waals surface area contributed by atoms with Crippen LogP contribution in [0.3, 0.4) is 0 Å². The normalized spacial score (nSPS) is 12.2. The van der Waals surface area contributed by atoms with Gasteiger partial charge in [0, 0.05) is 6.42 Å². The van der Waals surface area contributed by atoms with Crippen LogP contribution in [0.4, 0.5) is 17.6 Å². The summed E-state index contributed by atoms with van der Waals surface area (Å²) in [6.45, 7) is 1.35. The van der Waals surface area contributed by atoms with Crippen LogP contribution in [0.2, 0.25) is 0 Å². The Morgan fingerprint density at radius 1 is 1.48 bits per heavy atom. The molecular formula is C12H14ClF4N3O. The van der Waals surface area contributed by atoms with Crippen molar-refractivity contribution in [3.05, 3.63) is 23.1 Å². The van der Waals surface area contributed by atoms with Crippen LogP contribution in [0.15, 0.2) is 6.07 Å². The van der Waals surface area contributed by atoms with Crippen LogP contribution in [-0.4, -0.2) is 30.9 Å². The third kappa shape index (κ3) is 5.36. The molecule has 0 aliphatic heterocycles. The van der Waals surface area contributed by atoms with Crippen molar-refractivity contribution in [2.24, 2.45) is 0 Å². The summed E-state index contributed by atoms with van der Waals surface area (Å²) in [5, 5.41) is 11.4. The number of halogens is 5. The number of nitrogens with one attached hydrogen (secondary N) is 1. The number of rotatable bonds is 5. The molecule has 0 aliphatic rings. The van der Waals surface area contributed by atoms with Gasteiger partial charge >= 0.3 is 6.18 Å². The molecule has 1 aromatic heterocycles. The van der Waals surface area contributed by atoms with E-state index in [2.05, 4.69) is 10.3 Å². The van der Waals surface area contributed by atoms with E-state index in [1.165, 1.54) is 14.0 Å². The summed E-state index contributed by atoms with van der Waals surface area (Å²) < 4.78 is 56.4. The maximum absolute atomic E-state index is 13.2. The Morgan fingerprint density at radius 2 is 2.10 bits per heavy atom. The highest BCUT2D eigenvalue weighted by molar-refractivity contribution is 5.85. The van der Waals surface area contributed by atoms with Gasteiger partial charge in [0.15, 0.2) is 6.10 Å². The Kier molecular flexibility index (Phi) is 7.39. The molecule has 0 bridgehead atoms. The van der Waals surface area contributed by atoms with Gasteiger partial charge in [0.05, 0.1) is 5.69 Å². The van der Waals surface area contributed by atoms with Crippen molar-refractivity contribution >= 4 is 12.4 Å². The molecule has 21 heavy (non-hydrogen) atoms. The van der Waals surface area contributed by atoms with Crippen LogP contribution in [0, 0.1) is 24.1 Å². The number of hydrogen-bond donors (Lipinski definition) is 1. The lowest BCUT2D eigenvalue weighted by Gasteiger charge is -2.21. The standard InChI is InChI=1S/C12H13F4N3O.ClH/c1-7-9(13)5-8(6-17)11(19-7)20-10(3-4-18-2)12(14,15)16;/h5,10,18H,3-4H2,1-2H3;1H. The number of alkyl halides is 3. The minimum atomic E-state index is -4.60. The first-order chi connectivity index (χ1) is 9.29. The van der Waals surface area contributed by atoms with Crippen LogP contribution in [0.5, 0.6) is 5.88 Å². The fraction of sp³-hybridized carbons (Fsp3) is 0.500. The van der Waals surface area contributed by atoms with Gasteiger partial charge in [-0.1, -0.05) is 0 Å². The van der Waals surface area contributed by atoms with Gasteiger partial charge in [0.2, 0.25) is 5.88 Å². The van der Waals surface area contributed by atoms with Crippen LogP contribution in [0.25, 0.3) is 0 Å². The molecule has 0 saturated carbocycles. The SMILES string of the molecule is CNCCC(Oc1nc(C)c(F)cc1C#N)C(F)(F)F.Cl. The van der Waals surface area contributed by atoms with E-state index < -0.39 is 24.0 Å². The molecule has 0 radical (unpaired) electrons. The summed E-state index contributed by atoms with van der Waals surface area (Å²) in [6, 6.07) is 2.37. The molecule has 0 aliphatic carbocycles. The van der Waals surface area contributed by atoms with Crippen molar-refractivity contribution in [3.63, 3.8) is 0 Å². The lowest BCUT2D eigenvalue weighted by Crippen LogP contribution is -2.37. The molecule has 0 aromatic carbocycles. The topological polar surface area (TPSA) is 57.9 Å². The highest BCUT2D eigenvalue weighted by Crippen LogP contribution is 2.28. The van der Waals surface area contributed by atoms with Crippen LogP contribution in [-0.2, 0) is 0 Å². The number of nitriles is 1. The molecule has 1 rings (SSSR count). The Hall–Kier alpha value is -1.59. The molecule has 9 heteroatoms. The molecule has 0 fully saturated rings. The van der Waals surface area contributed by atoms with Gasteiger partial charge in [-0.05, 0) is 26.6 Å². The zero-order valence-electron chi connectivity index (χ0n) is 11.3. The number of aryl methyl sites for hydroxylation is 1. The second kappa shape index (κ2) is 8.00. The lowest BCUT2D eigenvalue weighted by atomic mass is 10.2. The highest BCUT2D eigenvalue weighted by Gasteiger charge is 2.42. The zero-order chi connectivity index (χ0) is 15.3. The molecule has 118 valence electrons. The fourth-order valence-corrected chi connectivity index (χ4v) is 1.43. The molecular weight excluding hydrogens is 314 g/mol. The molecule has 1 atom stereocenters. The summed E-state index contributed by atoms with van der Waals surface area (Å²) in [5.41, 5.74) is -0.500. The predicted molar refractivity (Wildman–Crippen MR) is 69.9 cm³/mol. The largest absolute Gasteiger partial charge is 0.464 e. The van der Waals surface area contributed by atoms with E-state index in [0.717, 1.165) is 6.07 Å². The molecule has 0 saturated heterocycles. The summed E-state index contributed by atoms with van der Waals surface area (Å²) in [6.07, 6.45) is -7.06. The Balaban J connectivity index is 0.00000400. The number of nitrogens with zero attached hydrogens (tertiary/aromatic N) is 2. The monoisotopic (exact) mass is 327 g/mol. The minimum absolute atomic E-state index is 0. The van der Waals surface area contributed by atoms with Gasteiger partial charge in [0.25, 0.3) is 0 Å². The smallest absolute Gasteiger partial charge is 0.425 e. The average molecular weight is 328 g/mol. The van der Waals surface area contributed by atoms with E-state index in [1.807, 2.05) is 0 Å². The second-order valence-corrected chi connectivity index (χ2v) is 4.06. The van der Waals surface area contributed by atoms with E-state index in [4.69, 9.17) is 10.00 Å². The minimum Gasteiger partial charge on any atom is -0.464 e. The first kappa shape index (κ1) is 19.4. The second-order valence-electron chi connectivity index (χ2n) is 4.06. The molecule has 0 amide bonds. The third-order valence-electron chi connectivity index (χ3n) is 2.51. The van der Waals surface area contributed by atoms with Crippen LogP contribution in [0.1, 0.15) is 17.7 Å². The number of hydrogen-bond acceptors (Lipinski definition) is 4. The maximum Gasteiger partial charge on any atom is 0.425 e. The van der Waals surface area contributed by atoms with E-state index >= 15 is 0 Å². The van der Waals surface area contributed by atoms with Gasteiger partial charge in [-0.3, -0.25) is 0 Å². The molecule has 1 N–H and O–H groups in total. The molecule has 1 unspecified atom stereocenters. The summed E-state index contributed by atoms with van der Waals surface area (Å²) in [4.78, 5) is 3.56. The Morgan fingerprint density at radius 3 is 2.57 bits per heavy atom. The first-order valence-electron chi connectivity index (χ1n) is 5.74.